The van der Waals surface area contributed by atoms with E-state index < -0.39 is 47.3 Å². The molecule has 1 aromatic heterocycles. The number of benzene rings is 1. The number of pyridine rings is 1. The van der Waals surface area contributed by atoms with Crippen LogP contribution in [0.3, 0.4) is 0 Å². The van der Waals surface area contributed by atoms with Crippen molar-refractivity contribution in [1.29, 1.82) is 5.26 Å². The minimum atomic E-state index is -5.30. The monoisotopic (exact) mass is 571 g/mol. The third-order valence-electron chi connectivity index (χ3n) is 8.00. The number of aliphatic hydroxyl groups is 1. The highest BCUT2D eigenvalue weighted by Crippen LogP contribution is 2.48. The molecule has 0 spiro atoms. The maximum Gasteiger partial charge on any atom is 0.425 e. The van der Waals surface area contributed by atoms with E-state index in [4.69, 9.17) is 0 Å². The number of alkyl halides is 3. The molecule has 2 N–H and O–H groups in total. The van der Waals surface area contributed by atoms with Crippen LogP contribution in [-0.2, 0) is 20.5 Å². The van der Waals surface area contributed by atoms with E-state index in [2.05, 4.69) is 10.3 Å². The van der Waals surface area contributed by atoms with Crippen LogP contribution >= 0.6 is 0 Å². The molecule has 2 aromatic rings. The summed E-state index contributed by atoms with van der Waals surface area (Å²) in [5.74, 6) is -2.51. The van der Waals surface area contributed by atoms with Crippen molar-refractivity contribution in [3.8, 4) is 6.19 Å². The van der Waals surface area contributed by atoms with Crippen LogP contribution in [0.2, 0.25) is 0 Å². The van der Waals surface area contributed by atoms with Gasteiger partial charge in [-0.2, -0.15) is 18.4 Å². The van der Waals surface area contributed by atoms with Crippen LogP contribution in [0.15, 0.2) is 48.8 Å². The predicted molar refractivity (Wildman–Crippen MR) is 146 cm³/mol. The maximum atomic E-state index is 15.8. The van der Waals surface area contributed by atoms with Gasteiger partial charge in [-0.25, -0.2) is 0 Å². The fourth-order valence-corrected chi connectivity index (χ4v) is 5.80. The van der Waals surface area contributed by atoms with Gasteiger partial charge < -0.3 is 10.4 Å². The summed E-state index contributed by atoms with van der Waals surface area (Å²) in [6, 6.07) is 6.58. The number of nitrogens with one attached hydrogen (secondary N) is 1. The van der Waals surface area contributed by atoms with Gasteiger partial charge in [0.15, 0.2) is 6.19 Å². The number of aromatic nitrogens is 1. The van der Waals surface area contributed by atoms with E-state index in [1.807, 2.05) is 27.0 Å². The molecule has 11 heteroatoms. The average Bonchev–Trinajstić information content (AvgIpc) is 3.32. The molecule has 41 heavy (non-hydrogen) atoms. The van der Waals surface area contributed by atoms with Crippen molar-refractivity contribution in [2.45, 2.75) is 94.6 Å². The van der Waals surface area contributed by atoms with Gasteiger partial charge in [-0.3, -0.25) is 24.4 Å². The lowest BCUT2D eigenvalue weighted by Gasteiger charge is -2.45. The zero-order valence-corrected chi connectivity index (χ0v) is 23.5. The maximum absolute atomic E-state index is 15.8. The lowest BCUT2D eigenvalue weighted by molar-refractivity contribution is -0.198. The molecule has 1 saturated carbocycles. The van der Waals surface area contributed by atoms with E-state index in [0.29, 0.717) is 17.7 Å². The summed E-state index contributed by atoms with van der Waals surface area (Å²) in [7, 11) is 0. The lowest BCUT2D eigenvalue weighted by Crippen LogP contribution is -2.69. The molecule has 0 radical (unpaired) electrons. The number of β-amino-alcohol motifs (C(OH)–C–C–N with tert-alkyl or cyclic N) is 1. The van der Waals surface area contributed by atoms with Gasteiger partial charge in [-0.05, 0) is 42.0 Å². The first-order valence-electron chi connectivity index (χ1n) is 13.9. The second-order valence-electron chi connectivity index (χ2n) is 11.9. The number of nitrogens with zero attached hydrogens (tertiary/aromatic N) is 4. The Hall–Kier alpha value is -3.65. The Morgan fingerprint density at radius 2 is 1.73 bits per heavy atom. The summed E-state index contributed by atoms with van der Waals surface area (Å²) in [4.78, 5) is 33.8. The van der Waals surface area contributed by atoms with Crippen LogP contribution in [0, 0.1) is 11.5 Å². The Balaban J connectivity index is 1.98. The van der Waals surface area contributed by atoms with Gasteiger partial charge in [-0.15, -0.1) is 0 Å². The summed E-state index contributed by atoms with van der Waals surface area (Å²) in [5.41, 5.74) is -3.72. The van der Waals surface area contributed by atoms with Gasteiger partial charge >= 0.3 is 6.18 Å². The van der Waals surface area contributed by atoms with Crippen LogP contribution in [0.4, 0.5) is 18.9 Å². The molecule has 2 aliphatic rings. The quantitative estimate of drug-likeness (QED) is 0.493. The van der Waals surface area contributed by atoms with Gasteiger partial charge in [0.1, 0.15) is 6.04 Å². The van der Waals surface area contributed by atoms with E-state index >= 15 is 13.2 Å². The van der Waals surface area contributed by atoms with Gasteiger partial charge in [0.25, 0.3) is 11.8 Å². The summed E-state index contributed by atoms with van der Waals surface area (Å²) in [5, 5.41) is 22.5. The molecular formula is C30H36F3N5O3. The van der Waals surface area contributed by atoms with Crippen molar-refractivity contribution < 1.29 is 27.9 Å². The van der Waals surface area contributed by atoms with E-state index in [-0.39, 0.29) is 24.1 Å². The third-order valence-corrected chi connectivity index (χ3v) is 8.00. The number of halogens is 3. The summed E-state index contributed by atoms with van der Waals surface area (Å²) >= 11 is 0. The fraction of sp³-hybridized carbons (Fsp3) is 0.533. The number of likely N-dealkylation sites (tertiary alicyclic amines) is 1. The molecular weight excluding hydrogens is 535 g/mol. The highest BCUT2D eigenvalue weighted by Gasteiger charge is 2.68. The second kappa shape index (κ2) is 11.7. The Kier molecular flexibility index (Phi) is 8.64. The van der Waals surface area contributed by atoms with Gasteiger partial charge in [-0.1, -0.05) is 58.2 Å². The molecule has 0 bridgehead atoms. The fourth-order valence-electron chi connectivity index (χ4n) is 5.80. The summed E-state index contributed by atoms with van der Waals surface area (Å²) in [6.07, 6.45) is 0.919. The Labute approximate surface area is 238 Å². The van der Waals surface area contributed by atoms with Crippen LogP contribution in [0.25, 0.3) is 0 Å². The van der Waals surface area contributed by atoms with Crippen molar-refractivity contribution in [1.82, 2.24) is 15.2 Å². The molecule has 1 aliphatic carbocycles. The highest BCUT2D eigenvalue weighted by atomic mass is 19.4. The van der Waals surface area contributed by atoms with E-state index in [0.717, 1.165) is 42.0 Å². The molecule has 8 nitrogen and oxygen atoms in total. The first-order valence-corrected chi connectivity index (χ1v) is 13.9. The number of carbonyl (C=O) groups excluding carboxylic acids is 2. The van der Waals surface area contributed by atoms with Crippen molar-refractivity contribution in [3.05, 3.63) is 59.9 Å². The Morgan fingerprint density at radius 1 is 1.07 bits per heavy atom. The Morgan fingerprint density at radius 3 is 2.27 bits per heavy atom. The summed E-state index contributed by atoms with van der Waals surface area (Å²) in [6.45, 7) is 5.64. The standard InChI is InChI=1S/C30H36F3N5O3/c1-28(2,3)20-11-13-23(14-12-20)38(26(40)25-16-24(39)18-37(25)19-34)29(30(31,32)33,21-8-7-15-35-17-21)27(41)36-22-9-5-4-6-10-22/h7-8,11-15,17,22,24-25,39H,4-6,9-10,16,18H2,1-3H3,(H,36,41). The van der Waals surface area contributed by atoms with Crippen molar-refractivity contribution >= 4 is 17.5 Å². The SMILES string of the molecule is CC(C)(C)c1ccc(N(C(=O)C2CC(O)CN2C#N)C(C(=O)NC2CCCCC2)(c2cccnc2)C(F)(F)F)cc1. The minimum Gasteiger partial charge on any atom is -0.391 e. The van der Waals surface area contributed by atoms with Crippen LogP contribution in [0.1, 0.15) is 70.4 Å². The summed E-state index contributed by atoms with van der Waals surface area (Å²) < 4.78 is 47.3. The molecule has 1 aromatic carbocycles. The number of hydrogen-bond donors (Lipinski definition) is 2. The number of nitriles is 1. The third kappa shape index (κ3) is 5.89. The molecule has 3 unspecified atom stereocenters. The number of hydrogen-bond acceptors (Lipinski definition) is 6. The van der Waals surface area contributed by atoms with Crippen LogP contribution in [-0.4, -0.2) is 57.7 Å². The van der Waals surface area contributed by atoms with Crippen molar-refractivity contribution in [2.75, 3.05) is 11.4 Å². The molecule has 3 atom stereocenters. The first-order chi connectivity index (χ1) is 19.3. The van der Waals surface area contributed by atoms with E-state index in [9.17, 15) is 20.0 Å². The van der Waals surface area contributed by atoms with Gasteiger partial charge in [0.05, 0.1) is 12.6 Å². The molecule has 1 aliphatic heterocycles. The smallest absolute Gasteiger partial charge is 0.391 e. The number of carbonyl (C=O) groups is 2. The normalized spacial score (nSPS) is 21.6. The second-order valence-corrected chi connectivity index (χ2v) is 11.9. The minimum absolute atomic E-state index is 0.165. The number of amides is 2. The van der Waals surface area contributed by atoms with Crippen LogP contribution in [0.5, 0.6) is 0 Å². The topological polar surface area (TPSA) is 110 Å². The first kappa shape index (κ1) is 30.3. The van der Waals surface area contributed by atoms with E-state index in [1.165, 1.54) is 24.4 Å². The molecule has 4 rings (SSSR count). The molecule has 2 fully saturated rings. The lowest BCUT2D eigenvalue weighted by atomic mass is 9.83. The number of aliphatic hydroxyl groups excluding tert-OH is 1. The molecule has 1 saturated heterocycles. The molecule has 2 amide bonds. The largest absolute Gasteiger partial charge is 0.425 e. The zero-order chi connectivity index (χ0) is 30.0. The zero-order valence-electron chi connectivity index (χ0n) is 23.5. The van der Waals surface area contributed by atoms with Crippen molar-refractivity contribution in [2.24, 2.45) is 0 Å². The van der Waals surface area contributed by atoms with E-state index in [1.54, 1.807) is 12.1 Å². The average molecular weight is 572 g/mol. The number of anilines is 1. The van der Waals surface area contributed by atoms with Crippen molar-refractivity contribution in [3.63, 3.8) is 0 Å². The van der Waals surface area contributed by atoms with Crippen LogP contribution < -0.4 is 10.2 Å². The Bertz CT molecular complexity index is 1270. The number of rotatable bonds is 6. The highest BCUT2D eigenvalue weighted by molar-refractivity contribution is 6.07. The molecule has 2 heterocycles. The van der Waals surface area contributed by atoms with Gasteiger partial charge in [0, 0.05) is 36.1 Å². The van der Waals surface area contributed by atoms with Gasteiger partial charge in [0.2, 0.25) is 5.54 Å². The molecule has 220 valence electrons. The predicted octanol–water partition coefficient (Wildman–Crippen LogP) is 4.54.